The molecule has 0 amide bonds. The second-order valence-electron chi connectivity index (χ2n) is 6.57. The zero-order chi connectivity index (χ0) is 21.3. The van der Waals surface area contributed by atoms with Crippen molar-refractivity contribution in [1.82, 2.24) is 24.3 Å². The van der Waals surface area contributed by atoms with E-state index in [9.17, 15) is 13.2 Å². The number of hydrogen-bond acceptors (Lipinski definition) is 8. The Morgan fingerprint density at radius 3 is 2.83 bits per heavy atom. The molecule has 0 aromatic carbocycles. The molecule has 4 rings (SSSR count). The Morgan fingerprint density at radius 1 is 1.27 bits per heavy atom. The largest absolute Gasteiger partial charge is 0.485 e. The predicted octanol–water partition coefficient (Wildman–Crippen LogP) is 2.25. The Balaban J connectivity index is 1.61. The van der Waals surface area contributed by atoms with E-state index in [-0.39, 0.29) is 23.3 Å². The maximum absolute atomic E-state index is 13.0. The summed E-state index contributed by atoms with van der Waals surface area (Å²) in [5.74, 6) is 1.13. The minimum Gasteiger partial charge on any atom is -0.485 e. The summed E-state index contributed by atoms with van der Waals surface area (Å²) in [6.45, 7) is 1.18. The van der Waals surface area contributed by atoms with Crippen LogP contribution in [-0.2, 0) is 10.9 Å². The third-order valence-corrected chi connectivity index (χ3v) is 4.63. The van der Waals surface area contributed by atoms with Gasteiger partial charge in [-0.1, -0.05) is 0 Å². The highest BCUT2D eigenvalue weighted by atomic mass is 19.4. The van der Waals surface area contributed by atoms with Gasteiger partial charge in [-0.3, -0.25) is 4.40 Å². The van der Waals surface area contributed by atoms with E-state index in [0.717, 1.165) is 18.6 Å². The van der Waals surface area contributed by atoms with Gasteiger partial charge < -0.3 is 20.8 Å². The zero-order valence-corrected chi connectivity index (χ0v) is 15.5. The van der Waals surface area contributed by atoms with E-state index in [0.29, 0.717) is 31.0 Å². The summed E-state index contributed by atoms with van der Waals surface area (Å²) in [6.07, 6.45) is 3.14. The zero-order valence-electron chi connectivity index (χ0n) is 15.5. The fourth-order valence-corrected chi connectivity index (χ4v) is 3.20. The van der Waals surface area contributed by atoms with Crippen LogP contribution >= 0.6 is 0 Å². The molecule has 30 heavy (non-hydrogen) atoms. The van der Waals surface area contributed by atoms with Crippen LogP contribution in [0.1, 0.15) is 12.1 Å². The van der Waals surface area contributed by atoms with Gasteiger partial charge in [0.05, 0.1) is 25.2 Å². The number of anilines is 1. The molecule has 0 aliphatic carbocycles. The maximum Gasteiger partial charge on any atom is 0.434 e. The molecule has 3 aromatic heterocycles. The summed E-state index contributed by atoms with van der Waals surface area (Å²) in [5, 5.41) is 7.25. The lowest BCUT2D eigenvalue weighted by molar-refractivity contribution is -0.141. The normalized spacial score (nSPS) is 17.5. The molecule has 9 nitrogen and oxygen atoms in total. The molecule has 1 aliphatic heterocycles. The van der Waals surface area contributed by atoms with Crippen molar-refractivity contribution < 1.29 is 17.9 Å². The molecule has 0 spiro atoms. The van der Waals surface area contributed by atoms with Gasteiger partial charge in [0.1, 0.15) is 17.6 Å². The Hall–Kier alpha value is -3.70. The highest BCUT2D eigenvalue weighted by Gasteiger charge is 2.33. The fourth-order valence-electron chi connectivity index (χ4n) is 3.20. The summed E-state index contributed by atoms with van der Waals surface area (Å²) >= 11 is 0. The van der Waals surface area contributed by atoms with Crippen LogP contribution in [0.5, 0.6) is 0 Å². The van der Waals surface area contributed by atoms with Crippen molar-refractivity contribution in [2.24, 2.45) is 5.73 Å². The number of rotatable bonds is 5. The van der Waals surface area contributed by atoms with Gasteiger partial charge in [0, 0.05) is 31.6 Å². The van der Waals surface area contributed by atoms with Crippen LogP contribution in [0, 0.1) is 5.41 Å². The lowest BCUT2D eigenvalue weighted by Gasteiger charge is -2.18. The van der Waals surface area contributed by atoms with Gasteiger partial charge in [0.2, 0.25) is 0 Å². The smallest absolute Gasteiger partial charge is 0.434 e. The van der Waals surface area contributed by atoms with E-state index in [4.69, 9.17) is 15.9 Å². The monoisotopic (exact) mass is 418 g/mol. The van der Waals surface area contributed by atoms with Crippen LogP contribution in [0.15, 0.2) is 42.8 Å². The van der Waals surface area contributed by atoms with E-state index >= 15 is 0 Å². The SMILES string of the molecule is N=C/C(=C\N)OC1CCN(c2ccnc(-c3cnc4cnc(C(F)(F)F)cn34)n2)C1. The number of alkyl halides is 3. The van der Waals surface area contributed by atoms with Crippen LogP contribution in [0.3, 0.4) is 0 Å². The van der Waals surface area contributed by atoms with Crippen molar-refractivity contribution in [2.75, 3.05) is 18.0 Å². The molecule has 1 fully saturated rings. The van der Waals surface area contributed by atoms with E-state index in [2.05, 4.69) is 19.9 Å². The van der Waals surface area contributed by atoms with Crippen molar-refractivity contribution >= 4 is 17.7 Å². The van der Waals surface area contributed by atoms with Crippen molar-refractivity contribution in [3.8, 4) is 11.5 Å². The number of nitrogens with one attached hydrogen (secondary N) is 1. The number of imidazole rings is 1. The molecule has 1 saturated heterocycles. The predicted molar refractivity (Wildman–Crippen MR) is 102 cm³/mol. The van der Waals surface area contributed by atoms with Gasteiger partial charge in [-0.2, -0.15) is 13.2 Å². The molecule has 0 saturated carbocycles. The number of allylic oxidation sites excluding steroid dienone is 1. The lowest BCUT2D eigenvalue weighted by Crippen LogP contribution is -2.24. The third-order valence-electron chi connectivity index (χ3n) is 4.63. The number of nitrogens with two attached hydrogens (primary N) is 1. The summed E-state index contributed by atoms with van der Waals surface area (Å²) < 4.78 is 46.0. The Kier molecular flexibility index (Phi) is 4.98. The first-order chi connectivity index (χ1) is 14.4. The first-order valence-corrected chi connectivity index (χ1v) is 8.96. The van der Waals surface area contributed by atoms with Gasteiger partial charge in [-0.15, -0.1) is 0 Å². The van der Waals surface area contributed by atoms with Crippen molar-refractivity contribution in [3.63, 3.8) is 0 Å². The Bertz CT molecular complexity index is 1110. The highest BCUT2D eigenvalue weighted by Crippen LogP contribution is 2.29. The maximum atomic E-state index is 13.0. The first-order valence-electron chi connectivity index (χ1n) is 8.96. The van der Waals surface area contributed by atoms with E-state index in [1.807, 2.05) is 4.90 Å². The van der Waals surface area contributed by atoms with E-state index < -0.39 is 11.9 Å². The van der Waals surface area contributed by atoms with E-state index in [1.54, 1.807) is 12.3 Å². The second kappa shape index (κ2) is 7.61. The third kappa shape index (κ3) is 3.75. The molecule has 4 heterocycles. The molecule has 156 valence electrons. The summed E-state index contributed by atoms with van der Waals surface area (Å²) in [4.78, 5) is 18.2. The molecule has 0 radical (unpaired) electrons. The van der Waals surface area contributed by atoms with Gasteiger partial charge in [-0.25, -0.2) is 19.9 Å². The van der Waals surface area contributed by atoms with Crippen LogP contribution < -0.4 is 10.6 Å². The summed E-state index contributed by atoms with van der Waals surface area (Å²) in [7, 11) is 0. The highest BCUT2D eigenvalue weighted by molar-refractivity contribution is 5.72. The minimum atomic E-state index is -4.57. The molecule has 1 unspecified atom stereocenters. The van der Waals surface area contributed by atoms with Gasteiger partial charge in [0.15, 0.2) is 22.9 Å². The summed E-state index contributed by atoms with van der Waals surface area (Å²) in [6, 6.07) is 1.72. The molecular formula is C18H17F3N8O. The number of nitrogens with zero attached hydrogens (tertiary/aromatic N) is 6. The van der Waals surface area contributed by atoms with Crippen LogP contribution in [0.4, 0.5) is 19.0 Å². The first kappa shape index (κ1) is 19.6. The van der Waals surface area contributed by atoms with Crippen LogP contribution in [0.2, 0.25) is 0 Å². The Morgan fingerprint density at radius 2 is 2.10 bits per heavy atom. The lowest BCUT2D eigenvalue weighted by atomic mass is 10.3. The number of hydrogen-bond donors (Lipinski definition) is 2. The van der Waals surface area contributed by atoms with Crippen molar-refractivity contribution in [1.29, 1.82) is 5.41 Å². The van der Waals surface area contributed by atoms with Crippen molar-refractivity contribution in [3.05, 3.63) is 48.5 Å². The van der Waals surface area contributed by atoms with Crippen LogP contribution in [0.25, 0.3) is 17.2 Å². The quantitative estimate of drug-likeness (QED) is 0.482. The molecule has 12 heteroatoms. The van der Waals surface area contributed by atoms with E-state index in [1.165, 1.54) is 16.8 Å². The fraction of sp³-hybridized carbons (Fsp3) is 0.278. The molecule has 1 aliphatic rings. The standard InChI is InChI=1S/C18H17F3N8O/c19-18(20,21)14-10-29-13(7-26-16(29)8-25-14)17-24-3-1-15(27-17)28-4-2-11(9-28)30-12(5-22)6-23/h1,3,5-8,10-11,22H,2,4,9,23H2/b12-6+,22-5?. The average Bonchev–Trinajstić information content (AvgIpc) is 3.38. The van der Waals surface area contributed by atoms with Gasteiger partial charge in [0.25, 0.3) is 0 Å². The van der Waals surface area contributed by atoms with Gasteiger partial charge >= 0.3 is 6.18 Å². The Labute approximate surface area is 168 Å². The molecule has 1 atom stereocenters. The second-order valence-corrected chi connectivity index (χ2v) is 6.57. The van der Waals surface area contributed by atoms with Crippen LogP contribution in [-0.4, -0.2) is 49.7 Å². The average molecular weight is 418 g/mol. The molecule has 0 bridgehead atoms. The number of ether oxygens (including phenoxy) is 1. The van der Waals surface area contributed by atoms with Crippen molar-refractivity contribution in [2.45, 2.75) is 18.7 Å². The number of fused-ring (bicyclic) bond motifs is 1. The number of aromatic nitrogens is 5. The molecule has 3 N–H and O–H groups in total. The number of halogens is 3. The minimum absolute atomic E-state index is 0.156. The summed E-state index contributed by atoms with van der Waals surface area (Å²) in [5.41, 5.74) is 4.96. The molecular weight excluding hydrogens is 401 g/mol. The topological polar surface area (TPSA) is 118 Å². The molecule has 3 aromatic rings. The van der Waals surface area contributed by atoms with Gasteiger partial charge in [-0.05, 0) is 6.07 Å².